The van der Waals surface area contributed by atoms with E-state index in [1.165, 1.54) is 16.8 Å². The predicted molar refractivity (Wildman–Crippen MR) is 59.4 cm³/mol. The Morgan fingerprint density at radius 2 is 2.31 bits per heavy atom. The van der Waals surface area contributed by atoms with Gasteiger partial charge in [0.1, 0.15) is 6.23 Å². The number of H-pyrrole nitrogens is 1. The summed E-state index contributed by atoms with van der Waals surface area (Å²) in [6.07, 6.45) is 4.75. The van der Waals surface area contributed by atoms with Crippen LogP contribution in [0.4, 0.5) is 0 Å². The lowest BCUT2D eigenvalue weighted by molar-refractivity contribution is -0.0936. The molecule has 0 saturated carbocycles. The monoisotopic (exact) mass is 224 g/mol. The van der Waals surface area contributed by atoms with Gasteiger partial charge in [-0.1, -0.05) is 6.92 Å². The van der Waals surface area contributed by atoms with Crippen molar-refractivity contribution in [3.8, 4) is 0 Å². The smallest absolute Gasteiger partial charge is 0.330 e. The van der Waals surface area contributed by atoms with Crippen LogP contribution in [0.1, 0.15) is 38.8 Å². The van der Waals surface area contributed by atoms with E-state index in [-0.39, 0.29) is 11.7 Å². The van der Waals surface area contributed by atoms with Crippen molar-refractivity contribution in [3.63, 3.8) is 0 Å². The van der Waals surface area contributed by atoms with E-state index in [9.17, 15) is 9.59 Å². The Morgan fingerprint density at radius 1 is 1.50 bits per heavy atom. The zero-order chi connectivity index (χ0) is 11.5. The fourth-order valence-corrected chi connectivity index (χ4v) is 2.08. The van der Waals surface area contributed by atoms with Crippen LogP contribution in [0.2, 0.25) is 0 Å². The molecule has 88 valence electrons. The summed E-state index contributed by atoms with van der Waals surface area (Å²) in [4.78, 5) is 25.7. The summed E-state index contributed by atoms with van der Waals surface area (Å²) in [6, 6.07) is 1.35. The van der Waals surface area contributed by atoms with E-state index in [4.69, 9.17) is 4.74 Å². The Bertz CT molecular complexity index is 435. The highest BCUT2D eigenvalue weighted by molar-refractivity contribution is 4.85. The Kier molecular flexibility index (Phi) is 3.24. The van der Waals surface area contributed by atoms with Crippen LogP contribution in [-0.2, 0) is 4.74 Å². The lowest BCUT2D eigenvalue weighted by atomic mass is 10.1. The maximum atomic E-state index is 11.6. The molecule has 0 aromatic carbocycles. The molecule has 0 radical (unpaired) electrons. The van der Waals surface area contributed by atoms with Crippen LogP contribution in [-0.4, -0.2) is 15.7 Å². The fourth-order valence-electron chi connectivity index (χ4n) is 2.08. The van der Waals surface area contributed by atoms with E-state index in [1.807, 2.05) is 6.92 Å². The van der Waals surface area contributed by atoms with E-state index < -0.39 is 11.9 Å². The number of aromatic amines is 1. The summed E-state index contributed by atoms with van der Waals surface area (Å²) >= 11 is 0. The molecule has 1 aliphatic rings. The normalized spacial score (nSPS) is 25.6. The Labute approximate surface area is 93.1 Å². The zero-order valence-corrected chi connectivity index (χ0v) is 9.31. The molecule has 1 fully saturated rings. The molecule has 1 N–H and O–H groups in total. The number of ether oxygens (including phenoxy) is 1. The molecule has 0 bridgehead atoms. The highest BCUT2D eigenvalue weighted by atomic mass is 16.5. The lowest BCUT2D eigenvalue weighted by Gasteiger charge is -2.29. The SMILES string of the molecule is CCC1CCCC(n2c(=O)cc[nH]c2=O)O1. The van der Waals surface area contributed by atoms with E-state index >= 15 is 0 Å². The van der Waals surface area contributed by atoms with Gasteiger partial charge in [0.2, 0.25) is 0 Å². The third-order valence-corrected chi connectivity index (χ3v) is 2.96. The molecule has 2 unspecified atom stereocenters. The van der Waals surface area contributed by atoms with Crippen LogP contribution in [0.25, 0.3) is 0 Å². The standard InChI is InChI=1S/C11H16N2O3/c1-2-8-4-3-5-10(16-8)13-9(14)6-7-12-11(13)15/h6-8,10H,2-5H2,1H3,(H,12,15). The third kappa shape index (κ3) is 2.09. The number of aromatic nitrogens is 2. The minimum Gasteiger partial charge on any atom is -0.355 e. The maximum absolute atomic E-state index is 11.6. The predicted octanol–water partition coefficient (Wildman–Crippen LogP) is 1.01. The quantitative estimate of drug-likeness (QED) is 0.815. The van der Waals surface area contributed by atoms with E-state index in [0.717, 1.165) is 25.7 Å². The number of nitrogens with zero attached hydrogens (tertiary/aromatic N) is 1. The molecule has 0 amide bonds. The number of hydrogen-bond donors (Lipinski definition) is 1. The van der Waals surface area contributed by atoms with Gasteiger partial charge in [0.05, 0.1) is 6.10 Å². The molecular formula is C11H16N2O3. The average Bonchev–Trinajstić information content (AvgIpc) is 2.29. The Balaban J connectivity index is 2.30. The molecule has 5 nitrogen and oxygen atoms in total. The minimum atomic E-state index is -0.406. The van der Waals surface area contributed by atoms with Crippen molar-refractivity contribution in [2.75, 3.05) is 0 Å². The molecule has 0 spiro atoms. The topological polar surface area (TPSA) is 64.1 Å². The van der Waals surface area contributed by atoms with Gasteiger partial charge < -0.3 is 9.72 Å². The molecule has 5 heteroatoms. The summed E-state index contributed by atoms with van der Waals surface area (Å²) in [5.74, 6) is 0. The average molecular weight is 224 g/mol. The molecule has 2 atom stereocenters. The van der Waals surface area contributed by atoms with Crippen molar-refractivity contribution >= 4 is 0 Å². The van der Waals surface area contributed by atoms with Crippen LogP contribution in [0.5, 0.6) is 0 Å². The summed E-state index contributed by atoms with van der Waals surface area (Å²) in [7, 11) is 0. The van der Waals surface area contributed by atoms with E-state index in [0.29, 0.717) is 0 Å². The molecule has 0 aliphatic carbocycles. The van der Waals surface area contributed by atoms with Crippen molar-refractivity contribution in [3.05, 3.63) is 33.1 Å². The van der Waals surface area contributed by atoms with Crippen LogP contribution in [0.3, 0.4) is 0 Å². The highest BCUT2D eigenvalue weighted by Gasteiger charge is 2.24. The maximum Gasteiger partial charge on any atom is 0.330 e. The number of rotatable bonds is 2. The lowest BCUT2D eigenvalue weighted by Crippen LogP contribution is -2.40. The van der Waals surface area contributed by atoms with Crippen LogP contribution < -0.4 is 11.2 Å². The first-order valence-corrected chi connectivity index (χ1v) is 5.68. The molecule has 1 aromatic heterocycles. The van der Waals surface area contributed by atoms with Crippen LogP contribution in [0, 0.1) is 0 Å². The molecule has 2 rings (SSSR count). The molecule has 1 saturated heterocycles. The van der Waals surface area contributed by atoms with Crippen molar-refractivity contribution in [1.82, 2.24) is 9.55 Å². The Morgan fingerprint density at radius 3 is 3.00 bits per heavy atom. The minimum absolute atomic E-state index is 0.158. The summed E-state index contributed by atoms with van der Waals surface area (Å²) in [5, 5.41) is 0. The number of nitrogens with one attached hydrogen (secondary N) is 1. The fraction of sp³-hybridized carbons (Fsp3) is 0.636. The van der Waals surface area contributed by atoms with Crippen LogP contribution in [0.15, 0.2) is 21.9 Å². The first-order chi connectivity index (χ1) is 7.72. The zero-order valence-electron chi connectivity index (χ0n) is 9.31. The molecule has 1 aromatic rings. The largest absolute Gasteiger partial charge is 0.355 e. The van der Waals surface area contributed by atoms with Gasteiger partial charge in [-0.25, -0.2) is 9.36 Å². The van der Waals surface area contributed by atoms with Gasteiger partial charge in [0.25, 0.3) is 5.56 Å². The number of hydrogen-bond acceptors (Lipinski definition) is 3. The third-order valence-electron chi connectivity index (χ3n) is 2.96. The summed E-state index contributed by atoms with van der Waals surface area (Å²) in [6.45, 7) is 2.05. The van der Waals surface area contributed by atoms with Gasteiger partial charge in [0, 0.05) is 12.3 Å². The van der Waals surface area contributed by atoms with Gasteiger partial charge in [-0.05, 0) is 25.7 Å². The van der Waals surface area contributed by atoms with E-state index in [2.05, 4.69) is 4.98 Å². The summed E-state index contributed by atoms with van der Waals surface area (Å²) < 4.78 is 6.89. The molecule has 1 aliphatic heterocycles. The van der Waals surface area contributed by atoms with Crippen LogP contribution >= 0.6 is 0 Å². The van der Waals surface area contributed by atoms with Crippen molar-refractivity contribution < 1.29 is 4.74 Å². The second kappa shape index (κ2) is 4.65. The van der Waals surface area contributed by atoms with Gasteiger partial charge in [-0.2, -0.15) is 0 Å². The van der Waals surface area contributed by atoms with Gasteiger partial charge in [-0.15, -0.1) is 0 Å². The molecular weight excluding hydrogens is 208 g/mol. The Hall–Kier alpha value is -1.36. The second-order valence-electron chi connectivity index (χ2n) is 4.04. The first kappa shape index (κ1) is 11.1. The van der Waals surface area contributed by atoms with Crippen molar-refractivity contribution in [1.29, 1.82) is 0 Å². The van der Waals surface area contributed by atoms with Crippen molar-refractivity contribution in [2.24, 2.45) is 0 Å². The summed E-state index contributed by atoms with van der Waals surface area (Å²) in [5.41, 5.74) is -0.695. The van der Waals surface area contributed by atoms with Gasteiger partial charge in [-0.3, -0.25) is 4.79 Å². The molecule has 16 heavy (non-hydrogen) atoms. The van der Waals surface area contributed by atoms with E-state index in [1.54, 1.807) is 0 Å². The molecule has 2 heterocycles. The first-order valence-electron chi connectivity index (χ1n) is 5.68. The second-order valence-corrected chi connectivity index (χ2v) is 4.04. The highest BCUT2D eigenvalue weighted by Crippen LogP contribution is 2.26. The van der Waals surface area contributed by atoms with Crippen molar-refractivity contribution in [2.45, 2.75) is 44.9 Å². The van der Waals surface area contributed by atoms with Gasteiger partial charge >= 0.3 is 5.69 Å². The van der Waals surface area contributed by atoms with Gasteiger partial charge in [0.15, 0.2) is 0 Å².